The van der Waals surface area contributed by atoms with Gasteiger partial charge < -0.3 is 5.32 Å². The van der Waals surface area contributed by atoms with E-state index >= 15 is 0 Å². The minimum absolute atomic E-state index is 0.135. The molecule has 0 aliphatic rings. The summed E-state index contributed by atoms with van der Waals surface area (Å²) in [6.45, 7) is 12.3. The second-order valence-corrected chi connectivity index (χ2v) is 7.26. The van der Waals surface area contributed by atoms with Crippen LogP contribution in [0.2, 0.25) is 0 Å². The molecule has 1 aromatic heterocycles. The van der Waals surface area contributed by atoms with Crippen molar-refractivity contribution in [2.45, 2.75) is 59.0 Å². The molecule has 0 spiro atoms. The Labute approximate surface area is 138 Å². The Balaban J connectivity index is 2.28. The number of hydrogen-bond acceptors (Lipinski definition) is 2. The SMILES string of the molecule is CCC(C)(NC(=O)c1cc(C)n(C(C)(C)C)n1)c1ccccc1. The Kier molecular flexibility index (Phi) is 4.64. The van der Waals surface area contributed by atoms with Crippen LogP contribution in [0.15, 0.2) is 36.4 Å². The van der Waals surface area contributed by atoms with Gasteiger partial charge in [0.2, 0.25) is 0 Å². The summed E-state index contributed by atoms with van der Waals surface area (Å²) in [6.07, 6.45) is 0.807. The van der Waals surface area contributed by atoms with Crippen LogP contribution < -0.4 is 5.32 Å². The molecule has 1 unspecified atom stereocenters. The van der Waals surface area contributed by atoms with E-state index in [0.717, 1.165) is 17.7 Å². The third-order valence-electron chi connectivity index (χ3n) is 4.26. The lowest BCUT2D eigenvalue weighted by molar-refractivity contribution is 0.0895. The molecule has 0 radical (unpaired) electrons. The molecule has 0 aliphatic heterocycles. The Hall–Kier alpha value is -2.10. The molecule has 0 saturated heterocycles. The number of amides is 1. The molecular weight excluding hydrogens is 286 g/mol. The topological polar surface area (TPSA) is 46.9 Å². The first kappa shape index (κ1) is 17.3. The highest BCUT2D eigenvalue weighted by atomic mass is 16.2. The predicted molar refractivity (Wildman–Crippen MR) is 93.5 cm³/mol. The summed E-state index contributed by atoms with van der Waals surface area (Å²) < 4.78 is 1.90. The molecule has 1 amide bonds. The third kappa shape index (κ3) is 3.63. The fourth-order valence-corrected chi connectivity index (χ4v) is 2.75. The molecule has 0 fully saturated rings. The molecule has 1 N–H and O–H groups in total. The maximum Gasteiger partial charge on any atom is 0.272 e. The van der Waals surface area contributed by atoms with Crippen molar-refractivity contribution in [2.24, 2.45) is 0 Å². The smallest absolute Gasteiger partial charge is 0.272 e. The lowest BCUT2D eigenvalue weighted by atomic mass is 9.89. The molecule has 4 heteroatoms. The van der Waals surface area contributed by atoms with Crippen LogP contribution in [0.5, 0.6) is 0 Å². The van der Waals surface area contributed by atoms with Gasteiger partial charge in [-0.15, -0.1) is 0 Å². The molecule has 4 nitrogen and oxygen atoms in total. The Morgan fingerprint density at radius 2 is 1.78 bits per heavy atom. The van der Waals surface area contributed by atoms with E-state index in [0.29, 0.717) is 5.69 Å². The van der Waals surface area contributed by atoms with Crippen LogP contribution in [-0.4, -0.2) is 15.7 Å². The summed E-state index contributed by atoms with van der Waals surface area (Å²) in [5.74, 6) is -0.135. The summed E-state index contributed by atoms with van der Waals surface area (Å²) in [7, 11) is 0. The van der Waals surface area contributed by atoms with Crippen LogP contribution in [0.25, 0.3) is 0 Å². The van der Waals surface area contributed by atoms with Gasteiger partial charge in [0.15, 0.2) is 0 Å². The second-order valence-electron chi connectivity index (χ2n) is 7.26. The van der Waals surface area contributed by atoms with Crippen molar-refractivity contribution in [1.29, 1.82) is 0 Å². The van der Waals surface area contributed by atoms with E-state index in [1.807, 2.05) is 54.9 Å². The molecule has 0 aliphatic carbocycles. The van der Waals surface area contributed by atoms with Crippen LogP contribution >= 0.6 is 0 Å². The van der Waals surface area contributed by atoms with E-state index in [1.165, 1.54) is 0 Å². The quantitative estimate of drug-likeness (QED) is 0.927. The number of rotatable bonds is 4. The standard InChI is InChI=1S/C19H27N3O/c1-7-19(6,15-11-9-8-10-12-15)20-17(23)16-13-14(2)22(21-16)18(3,4)5/h8-13H,7H2,1-6H3,(H,20,23). The zero-order valence-electron chi connectivity index (χ0n) is 15.0. The van der Waals surface area contributed by atoms with Gasteiger partial charge in [-0.1, -0.05) is 37.3 Å². The summed E-state index contributed by atoms with van der Waals surface area (Å²) >= 11 is 0. The lowest BCUT2D eigenvalue weighted by Gasteiger charge is -2.30. The van der Waals surface area contributed by atoms with E-state index in [2.05, 4.69) is 38.1 Å². The molecule has 1 aromatic carbocycles. The van der Waals surface area contributed by atoms with E-state index in [9.17, 15) is 4.79 Å². The lowest BCUT2D eigenvalue weighted by Crippen LogP contribution is -2.43. The van der Waals surface area contributed by atoms with Crippen molar-refractivity contribution < 1.29 is 4.79 Å². The van der Waals surface area contributed by atoms with Crippen molar-refractivity contribution in [3.8, 4) is 0 Å². The zero-order valence-corrected chi connectivity index (χ0v) is 15.0. The van der Waals surface area contributed by atoms with E-state index < -0.39 is 5.54 Å². The van der Waals surface area contributed by atoms with Crippen LogP contribution in [-0.2, 0) is 11.1 Å². The van der Waals surface area contributed by atoms with Crippen molar-refractivity contribution >= 4 is 5.91 Å². The average Bonchev–Trinajstić information content (AvgIpc) is 2.90. The summed E-state index contributed by atoms with van der Waals surface area (Å²) in [5, 5.41) is 7.65. The number of aromatic nitrogens is 2. The Morgan fingerprint density at radius 1 is 1.17 bits per heavy atom. The minimum atomic E-state index is -0.405. The first-order valence-corrected chi connectivity index (χ1v) is 8.12. The van der Waals surface area contributed by atoms with Gasteiger partial charge in [0.05, 0.1) is 11.1 Å². The molecule has 2 rings (SSSR count). The number of carbonyl (C=O) groups excluding carboxylic acids is 1. The summed E-state index contributed by atoms with van der Waals surface area (Å²) in [6, 6.07) is 11.9. The molecule has 1 atom stereocenters. The Bertz CT molecular complexity index is 682. The molecular formula is C19H27N3O. The maximum atomic E-state index is 12.7. The molecule has 23 heavy (non-hydrogen) atoms. The fourth-order valence-electron chi connectivity index (χ4n) is 2.75. The number of hydrogen-bond donors (Lipinski definition) is 1. The van der Waals surface area contributed by atoms with Crippen molar-refractivity contribution in [1.82, 2.24) is 15.1 Å². The highest BCUT2D eigenvalue weighted by Gasteiger charge is 2.28. The fraction of sp³-hybridized carbons (Fsp3) is 0.474. The van der Waals surface area contributed by atoms with Crippen LogP contribution in [0.1, 0.15) is 62.8 Å². The summed E-state index contributed by atoms with van der Waals surface area (Å²) in [4.78, 5) is 12.7. The number of nitrogens with zero attached hydrogens (tertiary/aromatic N) is 2. The van der Waals surface area contributed by atoms with E-state index in [1.54, 1.807) is 0 Å². The largest absolute Gasteiger partial charge is 0.341 e. The zero-order chi connectivity index (χ0) is 17.3. The van der Waals surface area contributed by atoms with Gasteiger partial charge in [0, 0.05) is 5.69 Å². The second kappa shape index (κ2) is 6.19. The average molecular weight is 313 g/mol. The molecule has 1 heterocycles. The van der Waals surface area contributed by atoms with Gasteiger partial charge in [-0.25, -0.2) is 0 Å². The summed E-state index contributed by atoms with van der Waals surface area (Å²) in [5.41, 5.74) is 2.00. The third-order valence-corrected chi connectivity index (χ3v) is 4.26. The van der Waals surface area contributed by atoms with Gasteiger partial charge in [-0.2, -0.15) is 5.10 Å². The molecule has 0 bridgehead atoms. The first-order valence-electron chi connectivity index (χ1n) is 8.12. The van der Waals surface area contributed by atoms with Gasteiger partial charge in [0.25, 0.3) is 5.91 Å². The molecule has 0 saturated carbocycles. The highest BCUT2D eigenvalue weighted by Crippen LogP contribution is 2.25. The monoisotopic (exact) mass is 313 g/mol. The van der Waals surface area contributed by atoms with Crippen LogP contribution in [0.4, 0.5) is 0 Å². The molecule has 124 valence electrons. The number of benzene rings is 1. The Morgan fingerprint density at radius 3 is 2.26 bits per heavy atom. The van der Waals surface area contributed by atoms with Crippen LogP contribution in [0.3, 0.4) is 0 Å². The number of nitrogens with one attached hydrogen (secondary N) is 1. The van der Waals surface area contributed by atoms with Crippen molar-refractivity contribution in [2.75, 3.05) is 0 Å². The minimum Gasteiger partial charge on any atom is -0.341 e. The number of carbonyl (C=O) groups is 1. The van der Waals surface area contributed by atoms with E-state index in [4.69, 9.17) is 0 Å². The maximum absolute atomic E-state index is 12.7. The number of aryl methyl sites for hydroxylation is 1. The highest BCUT2D eigenvalue weighted by molar-refractivity contribution is 5.93. The normalized spacial score (nSPS) is 14.3. The molecule has 2 aromatic rings. The predicted octanol–water partition coefficient (Wildman–Crippen LogP) is 4.00. The van der Waals surface area contributed by atoms with Gasteiger partial charge in [-0.3, -0.25) is 9.48 Å². The van der Waals surface area contributed by atoms with Crippen molar-refractivity contribution in [3.05, 3.63) is 53.3 Å². The van der Waals surface area contributed by atoms with Gasteiger partial charge >= 0.3 is 0 Å². The van der Waals surface area contributed by atoms with E-state index in [-0.39, 0.29) is 11.4 Å². The van der Waals surface area contributed by atoms with Gasteiger partial charge in [-0.05, 0) is 52.7 Å². The van der Waals surface area contributed by atoms with Crippen LogP contribution in [0, 0.1) is 6.92 Å². The first-order chi connectivity index (χ1) is 10.7. The van der Waals surface area contributed by atoms with Gasteiger partial charge in [0.1, 0.15) is 5.69 Å². The van der Waals surface area contributed by atoms with Crippen molar-refractivity contribution in [3.63, 3.8) is 0 Å².